The molecule has 0 aliphatic heterocycles. The SMILES string of the molecule is COc1cc(C(F)(F)C(O)OC)ccc1Br. The van der Waals surface area contributed by atoms with E-state index in [0.717, 1.165) is 13.2 Å². The highest BCUT2D eigenvalue weighted by Crippen LogP contribution is 2.36. The predicted octanol–water partition coefficient (Wildman–Crippen LogP) is 2.51. The first-order valence-corrected chi connectivity index (χ1v) is 5.15. The van der Waals surface area contributed by atoms with Gasteiger partial charge in [-0.1, -0.05) is 6.07 Å². The van der Waals surface area contributed by atoms with Crippen molar-refractivity contribution in [1.82, 2.24) is 0 Å². The van der Waals surface area contributed by atoms with E-state index in [4.69, 9.17) is 9.84 Å². The highest BCUT2D eigenvalue weighted by molar-refractivity contribution is 9.10. The van der Waals surface area contributed by atoms with E-state index in [9.17, 15) is 8.78 Å². The van der Waals surface area contributed by atoms with Crippen LogP contribution in [0.25, 0.3) is 0 Å². The fraction of sp³-hybridized carbons (Fsp3) is 0.400. The minimum absolute atomic E-state index is 0.264. The van der Waals surface area contributed by atoms with Crippen LogP contribution in [0.4, 0.5) is 8.78 Å². The molecule has 0 radical (unpaired) electrons. The van der Waals surface area contributed by atoms with Crippen molar-refractivity contribution >= 4 is 15.9 Å². The standard InChI is InChI=1S/C10H11BrF2O3/c1-15-8-5-6(3-4-7(8)11)10(12,13)9(14)16-2/h3-5,9,14H,1-2H3. The summed E-state index contributed by atoms with van der Waals surface area (Å²) in [7, 11) is 2.38. The second-order valence-electron chi connectivity index (χ2n) is 3.06. The monoisotopic (exact) mass is 296 g/mol. The summed E-state index contributed by atoms with van der Waals surface area (Å²) >= 11 is 3.15. The molecule has 90 valence electrons. The van der Waals surface area contributed by atoms with Crippen LogP contribution in [0.3, 0.4) is 0 Å². The summed E-state index contributed by atoms with van der Waals surface area (Å²) in [5.41, 5.74) is -0.373. The zero-order valence-electron chi connectivity index (χ0n) is 8.71. The average Bonchev–Trinajstić information content (AvgIpc) is 2.28. The summed E-state index contributed by atoms with van der Waals surface area (Å²) in [5, 5.41) is 9.05. The average molecular weight is 297 g/mol. The van der Waals surface area contributed by atoms with Crippen LogP contribution in [0.15, 0.2) is 22.7 Å². The summed E-state index contributed by atoms with van der Waals surface area (Å²) in [5.74, 6) is -3.22. The zero-order chi connectivity index (χ0) is 12.3. The number of halogens is 3. The Kier molecular flexibility index (Phi) is 4.23. The normalized spacial score (nSPS) is 13.6. The molecule has 0 bridgehead atoms. The maximum atomic E-state index is 13.6. The van der Waals surface area contributed by atoms with Crippen LogP contribution >= 0.6 is 15.9 Å². The summed E-state index contributed by atoms with van der Waals surface area (Å²) < 4.78 is 36.8. The van der Waals surface area contributed by atoms with Crippen LogP contribution in [0.1, 0.15) is 5.56 Å². The number of benzene rings is 1. The summed E-state index contributed by atoms with van der Waals surface area (Å²) in [4.78, 5) is 0. The van der Waals surface area contributed by atoms with E-state index in [1.807, 2.05) is 0 Å². The Morgan fingerprint density at radius 2 is 2.00 bits per heavy atom. The van der Waals surface area contributed by atoms with E-state index < -0.39 is 12.2 Å². The minimum Gasteiger partial charge on any atom is -0.496 e. The van der Waals surface area contributed by atoms with E-state index >= 15 is 0 Å². The molecule has 0 saturated carbocycles. The van der Waals surface area contributed by atoms with E-state index in [1.165, 1.54) is 19.2 Å². The molecule has 0 fully saturated rings. The van der Waals surface area contributed by atoms with Gasteiger partial charge in [-0.15, -0.1) is 0 Å². The van der Waals surface area contributed by atoms with Crippen LogP contribution in [-0.4, -0.2) is 25.6 Å². The largest absolute Gasteiger partial charge is 0.496 e. The van der Waals surface area contributed by atoms with Crippen molar-refractivity contribution in [2.45, 2.75) is 12.2 Å². The van der Waals surface area contributed by atoms with Gasteiger partial charge in [0.1, 0.15) is 5.75 Å². The first-order chi connectivity index (χ1) is 7.43. The molecular weight excluding hydrogens is 286 g/mol. The van der Waals surface area contributed by atoms with Crippen molar-refractivity contribution < 1.29 is 23.4 Å². The van der Waals surface area contributed by atoms with Crippen molar-refractivity contribution in [2.24, 2.45) is 0 Å². The summed E-state index contributed by atoms with van der Waals surface area (Å²) in [6, 6.07) is 3.76. The van der Waals surface area contributed by atoms with Crippen molar-refractivity contribution in [3.8, 4) is 5.75 Å². The number of rotatable bonds is 4. The second-order valence-corrected chi connectivity index (χ2v) is 3.91. The fourth-order valence-electron chi connectivity index (χ4n) is 1.16. The predicted molar refractivity (Wildman–Crippen MR) is 57.6 cm³/mol. The number of hydrogen-bond acceptors (Lipinski definition) is 3. The molecule has 0 spiro atoms. The maximum Gasteiger partial charge on any atom is 0.322 e. The molecule has 1 aromatic rings. The number of aliphatic hydroxyl groups excluding tert-OH is 1. The van der Waals surface area contributed by atoms with Gasteiger partial charge in [0, 0.05) is 12.7 Å². The Labute approximate surface area is 100 Å². The van der Waals surface area contributed by atoms with Gasteiger partial charge in [-0.2, -0.15) is 8.78 Å². The third-order valence-electron chi connectivity index (χ3n) is 2.07. The third kappa shape index (κ3) is 2.50. The van der Waals surface area contributed by atoms with Crippen molar-refractivity contribution in [3.05, 3.63) is 28.2 Å². The second kappa shape index (κ2) is 5.07. The summed E-state index contributed by atoms with van der Waals surface area (Å²) in [6.45, 7) is 0. The molecule has 1 N–H and O–H groups in total. The number of aliphatic hydroxyl groups is 1. The smallest absolute Gasteiger partial charge is 0.322 e. The Hall–Kier alpha value is -0.720. The van der Waals surface area contributed by atoms with Crippen molar-refractivity contribution in [2.75, 3.05) is 14.2 Å². The molecule has 0 amide bonds. The van der Waals surface area contributed by atoms with E-state index in [2.05, 4.69) is 20.7 Å². The first kappa shape index (κ1) is 13.3. The number of hydrogen-bond donors (Lipinski definition) is 1. The van der Waals surface area contributed by atoms with Crippen LogP contribution < -0.4 is 4.74 Å². The van der Waals surface area contributed by atoms with Crippen LogP contribution in [-0.2, 0) is 10.7 Å². The first-order valence-electron chi connectivity index (χ1n) is 4.36. The van der Waals surface area contributed by atoms with Crippen molar-refractivity contribution in [3.63, 3.8) is 0 Å². The fourth-order valence-corrected chi connectivity index (χ4v) is 1.57. The lowest BCUT2D eigenvalue weighted by atomic mass is 10.1. The zero-order valence-corrected chi connectivity index (χ0v) is 10.3. The Balaban J connectivity index is 3.13. The van der Waals surface area contributed by atoms with E-state index in [0.29, 0.717) is 4.47 Å². The molecule has 16 heavy (non-hydrogen) atoms. The highest BCUT2D eigenvalue weighted by Gasteiger charge is 2.41. The van der Waals surface area contributed by atoms with Gasteiger partial charge in [0.15, 0.2) is 0 Å². The van der Waals surface area contributed by atoms with Gasteiger partial charge in [-0.25, -0.2) is 0 Å². The minimum atomic E-state index is -3.48. The van der Waals surface area contributed by atoms with Gasteiger partial charge in [-0.3, -0.25) is 0 Å². The third-order valence-corrected chi connectivity index (χ3v) is 2.72. The highest BCUT2D eigenvalue weighted by atomic mass is 79.9. The van der Waals surface area contributed by atoms with Gasteiger partial charge in [-0.05, 0) is 28.1 Å². The molecule has 6 heteroatoms. The molecule has 1 aromatic carbocycles. The molecule has 0 aliphatic rings. The topological polar surface area (TPSA) is 38.7 Å². The quantitative estimate of drug-likeness (QED) is 0.868. The Morgan fingerprint density at radius 3 is 2.50 bits per heavy atom. The molecular formula is C10H11BrF2O3. The molecule has 0 aliphatic carbocycles. The summed E-state index contributed by atoms with van der Waals surface area (Å²) in [6.07, 6.45) is -2.18. The molecule has 0 saturated heterocycles. The van der Waals surface area contributed by atoms with Gasteiger partial charge in [0.2, 0.25) is 6.29 Å². The number of alkyl halides is 2. The molecule has 3 nitrogen and oxygen atoms in total. The lowest BCUT2D eigenvalue weighted by Gasteiger charge is -2.22. The van der Waals surface area contributed by atoms with Crippen LogP contribution in [0.5, 0.6) is 5.75 Å². The van der Waals surface area contributed by atoms with Gasteiger partial charge >= 0.3 is 5.92 Å². The molecule has 0 aromatic heterocycles. The van der Waals surface area contributed by atoms with E-state index in [1.54, 1.807) is 0 Å². The Morgan fingerprint density at radius 1 is 1.38 bits per heavy atom. The lowest BCUT2D eigenvalue weighted by molar-refractivity contribution is -0.228. The number of methoxy groups -OCH3 is 2. The van der Waals surface area contributed by atoms with Crippen molar-refractivity contribution in [1.29, 1.82) is 0 Å². The Bertz CT molecular complexity index is 371. The number of ether oxygens (including phenoxy) is 2. The van der Waals surface area contributed by atoms with Gasteiger partial charge in [0.05, 0.1) is 11.6 Å². The maximum absolute atomic E-state index is 13.6. The van der Waals surface area contributed by atoms with Gasteiger partial charge in [0.25, 0.3) is 0 Å². The van der Waals surface area contributed by atoms with Crippen LogP contribution in [0.2, 0.25) is 0 Å². The lowest BCUT2D eigenvalue weighted by Crippen LogP contribution is -2.32. The molecule has 1 unspecified atom stereocenters. The van der Waals surface area contributed by atoms with Crippen LogP contribution in [0, 0.1) is 0 Å². The van der Waals surface area contributed by atoms with Gasteiger partial charge < -0.3 is 14.6 Å². The van der Waals surface area contributed by atoms with E-state index in [-0.39, 0.29) is 11.3 Å². The molecule has 1 rings (SSSR count). The molecule has 0 heterocycles. The molecule has 1 atom stereocenters.